The summed E-state index contributed by atoms with van der Waals surface area (Å²) in [4.78, 5) is 42.3. The van der Waals surface area contributed by atoms with Gasteiger partial charge in [-0.05, 0) is 18.1 Å². The average Bonchev–Trinajstić information content (AvgIpc) is 3.14. The van der Waals surface area contributed by atoms with Gasteiger partial charge in [0.05, 0.1) is 17.8 Å². The number of fused-ring (bicyclic) bond motifs is 3. The van der Waals surface area contributed by atoms with Crippen LogP contribution in [0.25, 0.3) is 5.70 Å². The maximum absolute atomic E-state index is 13.6. The van der Waals surface area contributed by atoms with Crippen LogP contribution in [0.2, 0.25) is 0 Å². The van der Waals surface area contributed by atoms with Crippen molar-refractivity contribution < 1.29 is 4.79 Å². The number of carbonyl (C=O) groups is 1. The number of aromatic amines is 1. The Morgan fingerprint density at radius 2 is 1.50 bits per heavy atom. The van der Waals surface area contributed by atoms with Crippen LogP contribution in [-0.2, 0) is 6.54 Å². The van der Waals surface area contributed by atoms with Crippen molar-refractivity contribution in [2.75, 3.05) is 5.32 Å². The highest BCUT2D eigenvalue weighted by molar-refractivity contribution is 6.23. The monoisotopic (exact) mass is 447 g/mol. The van der Waals surface area contributed by atoms with E-state index in [0.29, 0.717) is 28.2 Å². The minimum Gasteiger partial charge on any atom is -0.340 e. The van der Waals surface area contributed by atoms with Crippen molar-refractivity contribution in [2.24, 2.45) is 0 Å². The number of carbonyl (C=O) groups excluding carboxylic acids is 1. The second kappa shape index (κ2) is 7.56. The predicted octanol–water partition coefficient (Wildman–Crippen LogP) is 4.06. The molecule has 2 N–H and O–H groups in total. The summed E-state index contributed by atoms with van der Waals surface area (Å²) in [6.07, 6.45) is 0. The zero-order chi connectivity index (χ0) is 23.4. The molecule has 0 radical (unpaired) electrons. The number of anilines is 1. The lowest BCUT2D eigenvalue weighted by Gasteiger charge is -2.29. The Bertz CT molecular complexity index is 1610. The van der Waals surface area contributed by atoms with Crippen LogP contribution in [0.4, 0.5) is 5.82 Å². The minimum absolute atomic E-state index is 0.102. The van der Waals surface area contributed by atoms with Gasteiger partial charge in [-0.1, -0.05) is 84.4 Å². The third-order valence-electron chi connectivity index (χ3n) is 6.61. The number of Topliss-reactive ketones (excluding diaryl/α,β-unsaturated/α-hetero) is 1. The molecule has 1 aliphatic heterocycles. The summed E-state index contributed by atoms with van der Waals surface area (Å²) in [5.41, 5.74) is 4.80. The van der Waals surface area contributed by atoms with Gasteiger partial charge in [-0.3, -0.25) is 19.1 Å². The van der Waals surface area contributed by atoms with Crippen LogP contribution in [-0.4, -0.2) is 15.3 Å². The van der Waals surface area contributed by atoms with E-state index in [1.165, 1.54) is 0 Å². The summed E-state index contributed by atoms with van der Waals surface area (Å²) in [5.74, 6) is -0.279. The van der Waals surface area contributed by atoms with E-state index in [4.69, 9.17) is 0 Å². The van der Waals surface area contributed by atoms with Crippen molar-refractivity contribution in [3.05, 3.63) is 139 Å². The highest BCUT2D eigenvalue weighted by Gasteiger charge is 2.42. The lowest BCUT2D eigenvalue weighted by Crippen LogP contribution is -2.38. The number of hydrogen-bond donors (Lipinski definition) is 2. The molecule has 0 amide bonds. The highest BCUT2D eigenvalue weighted by atomic mass is 16.2. The molecule has 0 unspecified atom stereocenters. The standard InChI is InChI=1S/C28H21N3O3/c1-16-11-13-18(14-12-16)21-22-24(19-9-5-6-10-20(19)25(22)32)29-26-23(21)27(33)30-28(34)31(26)15-17-7-3-2-4-8-17/h2-14,21,29H,15H2,1H3,(H,30,33,34)/t21-/m1/s1. The molecule has 1 aromatic heterocycles. The van der Waals surface area contributed by atoms with Gasteiger partial charge in [-0.25, -0.2) is 4.79 Å². The van der Waals surface area contributed by atoms with Crippen LogP contribution in [0.1, 0.15) is 44.1 Å². The molecule has 6 heteroatoms. The Labute approximate surface area is 195 Å². The topological polar surface area (TPSA) is 84.0 Å². The molecule has 2 heterocycles. The lowest BCUT2D eigenvalue weighted by molar-refractivity contribution is 0.103. The Kier molecular flexibility index (Phi) is 4.48. The summed E-state index contributed by atoms with van der Waals surface area (Å²) in [6, 6.07) is 24.9. The molecule has 166 valence electrons. The number of aromatic nitrogens is 2. The van der Waals surface area contributed by atoms with Gasteiger partial charge in [0, 0.05) is 22.6 Å². The summed E-state index contributed by atoms with van der Waals surface area (Å²) in [5, 5.41) is 3.33. The van der Waals surface area contributed by atoms with Crippen molar-refractivity contribution in [1.29, 1.82) is 0 Å². The van der Waals surface area contributed by atoms with Gasteiger partial charge in [0.25, 0.3) is 5.56 Å². The van der Waals surface area contributed by atoms with Gasteiger partial charge in [0.2, 0.25) is 0 Å². The van der Waals surface area contributed by atoms with Gasteiger partial charge in [-0.2, -0.15) is 0 Å². The van der Waals surface area contributed by atoms with E-state index in [9.17, 15) is 14.4 Å². The first-order valence-corrected chi connectivity index (χ1v) is 11.2. The summed E-state index contributed by atoms with van der Waals surface area (Å²) in [6.45, 7) is 2.27. The Morgan fingerprint density at radius 1 is 0.824 bits per heavy atom. The number of H-pyrrole nitrogens is 1. The molecular weight excluding hydrogens is 426 g/mol. The maximum atomic E-state index is 13.6. The van der Waals surface area contributed by atoms with Crippen molar-refractivity contribution in [2.45, 2.75) is 19.4 Å². The smallest absolute Gasteiger partial charge is 0.330 e. The second-order valence-corrected chi connectivity index (χ2v) is 8.73. The second-order valence-electron chi connectivity index (χ2n) is 8.73. The third kappa shape index (κ3) is 2.99. The first-order chi connectivity index (χ1) is 16.5. The maximum Gasteiger partial charge on any atom is 0.330 e. The van der Waals surface area contributed by atoms with E-state index in [0.717, 1.165) is 22.3 Å². The summed E-state index contributed by atoms with van der Waals surface area (Å²) >= 11 is 0. The fourth-order valence-electron chi connectivity index (χ4n) is 4.97. The summed E-state index contributed by atoms with van der Waals surface area (Å²) in [7, 11) is 0. The van der Waals surface area contributed by atoms with Crippen LogP contribution in [0.15, 0.2) is 94.0 Å². The van der Waals surface area contributed by atoms with Crippen LogP contribution >= 0.6 is 0 Å². The largest absolute Gasteiger partial charge is 0.340 e. The molecule has 0 fully saturated rings. The van der Waals surface area contributed by atoms with E-state index in [2.05, 4.69) is 10.3 Å². The molecule has 0 spiro atoms. The third-order valence-corrected chi connectivity index (χ3v) is 6.61. The van der Waals surface area contributed by atoms with Crippen LogP contribution in [0, 0.1) is 6.92 Å². The first kappa shape index (κ1) is 20.2. The molecule has 1 atom stereocenters. The lowest BCUT2D eigenvalue weighted by atomic mass is 9.81. The number of benzene rings is 3. The minimum atomic E-state index is -0.599. The molecular formula is C28H21N3O3. The molecule has 3 aromatic carbocycles. The van der Waals surface area contributed by atoms with Gasteiger partial charge >= 0.3 is 5.69 Å². The van der Waals surface area contributed by atoms with E-state index >= 15 is 0 Å². The highest BCUT2D eigenvalue weighted by Crippen LogP contribution is 2.47. The Morgan fingerprint density at radius 3 is 2.24 bits per heavy atom. The normalized spacial score (nSPS) is 16.0. The van der Waals surface area contributed by atoms with Crippen LogP contribution < -0.4 is 16.6 Å². The van der Waals surface area contributed by atoms with E-state index in [-0.39, 0.29) is 12.3 Å². The first-order valence-electron chi connectivity index (χ1n) is 11.2. The molecule has 2 aliphatic rings. The SMILES string of the molecule is Cc1ccc([C@@H]2C3=C(Nc4c2c(=O)[nH]c(=O)n4Cc2ccccc2)c2ccccc2C3=O)cc1. The van der Waals surface area contributed by atoms with Gasteiger partial charge in [0.15, 0.2) is 5.78 Å². The average molecular weight is 447 g/mol. The fraction of sp³-hybridized carbons (Fsp3) is 0.107. The van der Waals surface area contributed by atoms with Crippen LogP contribution in [0.5, 0.6) is 0 Å². The molecule has 1 aliphatic carbocycles. The number of hydrogen-bond acceptors (Lipinski definition) is 4. The van der Waals surface area contributed by atoms with Gasteiger partial charge in [0.1, 0.15) is 5.82 Å². The molecule has 4 aromatic rings. The quantitative estimate of drug-likeness (QED) is 0.496. The van der Waals surface area contributed by atoms with Crippen LogP contribution in [0.3, 0.4) is 0 Å². The van der Waals surface area contributed by atoms with Crippen molar-refractivity contribution in [1.82, 2.24) is 9.55 Å². The molecule has 34 heavy (non-hydrogen) atoms. The zero-order valence-corrected chi connectivity index (χ0v) is 18.5. The van der Waals surface area contributed by atoms with E-state index in [1.54, 1.807) is 10.6 Å². The number of nitrogens with zero attached hydrogens (tertiary/aromatic N) is 1. The van der Waals surface area contributed by atoms with E-state index in [1.807, 2.05) is 79.7 Å². The van der Waals surface area contributed by atoms with Gasteiger partial charge in [-0.15, -0.1) is 0 Å². The number of rotatable bonds is 3. The molecule has 0 saturated carbocycles. The van der Waals surface area contributed by atoms with Crippen molar-refractivity contribution in [3.8, 4) is 0 Å². The Balaban J connectivity index is 1.64. The molecule has 0 saturated heterocycles. The van der Waals surface area contributed by atoms with E-state index < -0.39 is 17.2 Å². The zero-order valence-electron chi connectivity index (χ0n) is 18.5. The number of nitrogens with one attached hydrogen (secondary N) is 2. The summed E-state index contributed by atoms with van der Waals surface area (Å²) < 4.78 is 1.54. The van der Waals surface area contributed by atoms with Crippen molar-refractivity contribution >= 4 is 17.3 Å². The van der Waals surface area contributed by atoms with Gasteiger partial charge < -0.3 is 5.32 Å². The number of ketones is 1. The fourth-order valence-corrected chi connectivity index (χ4v) is 4.97. The molecule has 6 nitrogen and oxygen atoms in total. The molecule has 6 rings (SSSR count). The Hall–Kier alpha value is -4.45. The van der Waals surface area contributed by atoms with Crippen molar-refractivity contribution in [3.63, 3.8) is 0 Å². The number of aryl methyl sites for hydroxylation is 1. The molecule has 0 bridgehead atoms. The number of allylic oxidation sites excluding steroid dienone is 1. The predicted molar refractivity (Wildman–Crippen MR) is 131 cm³/mol.